The third-order valence-electron chi connectivity index (χ3n) is 3.73. The van der Waals surface area contributed by atoms with E-state index in [9.17, 15) is 13.2 Å². The molecule has 2 rings (SSSR count). The molecule has 1 aromatic rings. The molecule has 1 fully saturated rings. The highest BCUT2D eigenvalue weighted by Crippen LogP contribution is 2.31. The Bertz CT molecular complexity index is 413. The lowest BCUT2D eigenvalue weighted by Gasteiger charge is -2.35. The SMILES string of the molecule is OCCN(c1ccc(C(F)(F)F)cn1)C1CCCCC1. The van der Waals surface area contributed by atoms with Crippen molar-refractivity contribution in [2.24, 2.45) is 0 Å². The number of hydrogen-bond donors (Lipinski definition) is 1. The Balaban J connectivity index is 2.16. The lowest BCUT2D eigenvalue weighted by molar-refractivity contribution is -0.137. The maximum atomic E-state index is 12.5. The topological polar surface area (TPSA) is 36.4 Å². The summed E-state index contributed by atoms with van der Waals surface area (Å²) in [6.45, 7) is 0.377. The molecular formula is C14H19F3N2O. The minimum atomic E-state index is -4.36. The Morgan fingerprint density at radius 3 is 2.40 bits per heavy atom. The lowest BCUT2D eigenvalue weighted by Crippen LogP contribution is -2.39. The van der Waals surface area contributed by atoms with Crippen LogP contribution in [0.3, 0.4) is 0 Å². The fraction of sp³-hybridized carbons (Fsp3) is 0.643. The molecule has 20 heavy (non-hydrogen) atoms. The van der Waals surface area contributed by atoms with Crippen LogP contribution in [0.25, 0.3) is 0 Å². The molecule has 1 aromatic heterocycles. The number of hydrogen-bond acceptors (Lipinski definition) is 3. The Morgan fingerprint density at radius 1 is 1.20 bits per heavy atom. The van der Waals surface area contributed by atoms with Gasteiger partial charge < -0.3 is 10.0 Å². The number of aliphatic hydroxyl groups is 1. The third-order valence-corrected chi connectivity index (χ3v) is 3.73. The van der Waals surface area contributed by atoms with Gasteiger partial charge in [-0.25, -0.2) is 4.98 Å². The smallest absolute Gasteiger partial charge is 0.395 e. The first kappa shape index (κ1) is 15.1. The van der Waals surface area contributed by atoms with Crippen molar-refractivity contribution in [1.29, 1.82) is 0 Å². The van der Waals surface area contributed by atoms with Gasteiger partial charge in [0, 0.05) is 18.8 Å². The van der Waals surface area contributed by atoms with Gasteiger partial charge in [-0.3, -0.25) is 0 Å². The average molecular weight is 288 g/mol. The van der Waals surface area contributed by atoms with E-state index in [1.165, 1.54) is 12.5 Å². The molecule has 1 N–H and O–H groups in total. The van der Waals surface area contributed by atoms with Crippen LogP contribution in [0.1, 0.15) is 37.7 Å². The summed E-state index contributed by atoms with van der Waals surface area (Å²) in [5.74, 6) is 0.513. The number of rotatable bonds is 4. The average Bonchev–Trinajstić information content (AvgIpc) is 2.45. The summed E-state index contributed by atoms with van der Waals surface area (Å²) in [5, 5.41) is 9.16. The molecule has 0 aliphatic heterocycles. The van der Waals surface area contributed by atoms with Crippen LogP contribution >= 0.6 is 0 Å². The van der Waals surface area contributed by atoms with E-state index in [4.69, 9.17) is 5.11 Å². The molecular weight excluding hydrogens is 269 g/mol. The largest absolute Gasteiger partial charge is 0.417 e. The second-order valence-electron chi connectivity index (χ2n) is 5.11. The van der Waals surface area contributed by atoms with Gasteiger partial charge in [-0.15, -0.1) is 0 Å². The number of aliphatic hydroxyl groups excluding tert-OH is 1. The van der Waals surface area contributed by atoms with E-state index >= 15 is 0 Å². The van der Waals surface area contributed by atoms with Crippen LogP contribution in [0.15, 0.2) is 18.3 Å². The molecule has 0 saturated heterocycles. The van der Waals surface area contributed by atoms with Gasteiger partial charge in [0.05, 0.1) is 12.2 Å². The van der Waals surface area contributed by atoms with Gasteiger partial charge in [0.1, 0.15) is 5.82 Å². The zero-order valence-electron chi connectivity index (χ0n) is 11.2. The third kappa shape index (κ3) is 3.62. The molecule has 1 aliphatic carbocycles. The normalized spacial score (nSPS) is 17.2. The van der Waals surface area contributed by atoms with Crippen molar-refractivity contribution in [1.82, 2.24) is 4.98 Å². The molecule has 0 aromatic carbocycles. The summed E-state index contributed by atoms with van der Waals surface area (Å²) in [5.41, 5.74) is -0.742. The predicted molar refractivity (Wildman–Crippen MR) is 70.5 cm³/mol. The number of halogens is 3. The molecule has 0 unspecified atom stereocenters. The minimum absolute atomic E-state index is 0.0286. The van der Waals surface area contributed by atoms with Gasteiger partial charge in [-0.2, -0.15) is 13.2 Å². The molecule has 0 radical (unpaired) electrons. The second-order valence-corrected chi connectivity index (χ2v) is 5.11. The quantitative estimate of drug-likeness (QED) is 0.924. The van der Waals surface area contributed by atoms with Crippen LogP contribution in [0.2, 0.25) is 0 Å². The van der Waals surface area contributed by atoms with E-state index in [1.54, 1.807) is 0 Å². The summed E-state index contributed by atoms with van der Waals surface area (Å²) in [6.07, 6.45) is 1.94. The first-order valence-corrected chi connectivity index (χ1v) is 6.93. The monoisotopic (exact) mass is 288 g/mol. The van der Waals surface area contributed by atoms with Crippen LogP contribution in [0.4, 0.5) is 19.0 Å². The van der Waals surface area contributed by atoms with Crippen LogP contribution in [0, 0.1) is 0 Å². The Labute approximate surface area is 116 Å². The first-order valence-electron chi connectivity index (χ1n) is 6.93. The van der Waals surface area contributed by atoms with Crippen LogP contribution in [-0.4, -0.2) is 29.3 Å². The summed E-state index contributed by atoms with van der Waals surface area (Å²) in [6, 6.07) is 2.71. The number of nitrogens with zero attached hydrogens (tertiary/aromatic N) is 2. The molecule has 6 heteroatoms. The standard InChI is InChI=1S/C14H19F3N2O/c15-14(16,17)11-6-7-13(18-10-11)19(8-9-20)12-4-2-1-3-5-12/h6-7,10,12,20H,1-5,8-9H2. The number of pyridine rings is 1. The highest BCUT2D eigenvalue weighted by molar-refractivity contribution is 5.41. The van der Waals surface area contributed by atoms with Crippen molar-refractivity contribution >= 4 is 5.82 Å². The molecule has 3 nitrogen and oxygen atoms in total. The number of anilines is 1. The maximum Gasteiger partial charge on any atom is 0.417 e. The van der Waals surface area contributed by atoms with E-state index in [0.29, 0.717) is 12.4 Å². The molecule has 1 aliphatic rings. The maximum absolute atomic E-state index is 12.5. The highest BCUT2D eigenvalue weighted by atomic mass is 19.4. The van der Waals surface area contributed by atoms with Gasteiger partial charge >= 0.3 is 6.18 Å². The van der Waals surface area contributed by atoms with E-state index in [1.807, 2.05) is 4.90 Å². The summed E-state index contributed by atoms with van der Waals surface area (Å²) >= 11 is 0. The van der Waals surface area contributed by atoms with Crippen LogP contribution in [0.5, 0.6) is 0 Å². The zero-order valence-corrected chi connectivity index (χ0v) is 11.2. The summed E-state index contributed by atoms with van der Waals surface area (Å²) < 4.78 is 37.6. The van der Waals surface area contributed by atoms with Crippen LogP contribution < -0.4 is 4.90 Å². The predicted octanol–water partition coefficient (Wildman–Crippen LogP) is 3.23. The van der Waals surface area contributed by atoms with E-state index in [0.717, 1.165) is 37.9 Å². The first-order chi connectivity index (χ1) is 9.52. The highest BCUT2D eigenvalue weighted by Gasteiger charge is 2.31. The van der Waals surface area contributed by atoms with E-state index in [2.05, 4.69) is 4.98 Å². The van der Waals surface area contributed by atoms with Gasteiger partial charge in [-0.05, 0) is 25.0 Å². The van der Waals surface area contributed by atoms with Crippen molar-refractivity contribution in [3.63, 3.8) is 0 Å². The van der Waals surface area contributed by atoms with Crippen molar-refractivity contribution in [2.45, 2.75) is 44.3 Å². The number of alkyl halides is 3. The van der Waals surface area contributed by atoms with Crippen molar-refractivity contribution in [2.75, 3.05) is 18.1 Å². The van der Waals surface area contributed by atoms with E-state index < -0.39 is 11.7 Å². The Hall–Kier alpha value is -1.30. The molecule has 1 saturated carbocycles. The van der Waals surface area contributed by atoms with Gasteiger partial charge in [0.2, 0.25) is 0 Å². The van der Waals surface area contributed by atoms with Gasteiger partial charge in [-0.1, -0.05) is 19.3 Å². The van der Waals surface area contributed by atoms with E-state index in [-0.39, 0.29) is 12.6 Å². The van der Waals surface area contributed by atoms with Crippen LogP contribution in [-0.2, 0) is 6.18 Å². The second kappa shape index (κ2) is 6.43. The van der Waals surface area contributed by atoms with Crippen molar-refractivity contribution in [3.8, 4) is 0 Å². The molecule has 0 atom stereocenters. The molecule has 112 valence electrons. The Morgan fingerprint density at radius 2 is 1.90 bits per heavy atom. The van der Waals surface area contributed by atoms with Crippen molar-refractivity contribution in [3.05, 3.63) is 23.9 Å². The lowest BCUT2D eigenvalue weighted by atomic mass is 9.94. The van der Waals surface area contributed by atoms with Gasteiger partial charge in [0.15, 0.2) is 0 Å². The summed E-state index contributed by atoms with van der Waals surface area (Å²) in [7, 11) is 0. The number of aromatic nitrogens is 1. The molecule has 1 heterocycles. The fourth-order valence-corrected chi connectivity index (χ4v) is 2.71. The Kier molecular flexibility index (Phi) is 4.86. The molecule has 0 bridgehead atoms. The zero-order chi connectivity index (χ0) is 14.6. The van der Waals surface area contributed by atoms with Gasteiger partial charge in [0.25, 0.3) is 0 Å². The fourth-order valence-electron chi connectivity index (χ4n) is 2.71. The minimum Gasteiger partial charge on any atom is -0.395 e. The molecule has 0 spiro atoms. The summed E-state index contributed by atoms with van der Waals surface area (Å²) in [4.78, 5) is 5.86. The molecule has 0 amide bonds. The van der Waals surface area contributed by atoms with Crippen molar-refractivity contribution < 1.29 is 18.3 Å².